The molecule has 0 unspecified atom stereocenters. The Morgan fingerprint density at radius 1 is 1.29 bits per heavy atom. The molecule has 132 valence electrons. The minimum absolute atomic E-state index is 0.223. The van der Waals surface area contributed by atoms with E-state index in [1.54, 1.807) is 6.92 Å². The predicted octanol–water partition coefficient (Wildman–Crippen LogP) is 3.53. The molecule has 7 heteroatoms. The molecular weight excluding hydrogens is 331 g/mol. The molecule has 1 aromatic rings. The van der Waals surface area contributed by atoms with E-state index < -0.39 is 13.6 Å². The standard InChI is InChI=1S/C17H23O6P/c1-13-16(17(18)20-2)15(9-10-24(19,21-3)23-13)12-22-11-14-7-5-4-6-8-14/h4-8,15H,9-12H2,1-3H3/t15-,24+/m0/s1. The molecule has 0 fully saturated rings. The van der Waals surface area contributed by atoms with Crippen LogP contribution in [0.1, 0.15) is 18.9 Å². The maximum absolute atomic E-state index is 12.5. The van der Waals surface area contributed by atoms with Crippen molar-refractivity contribution in [3.05, 3.63) is 47.2 Å². The van der Waals surface area contributed by atoms with E-state index in [4.69, 9.17) is 18.5 Å². The number of ether oxygens (including phenoxy) is 2. The lowest BCUT2D eigenvalue weighted by atomic mass is 9.96. The summed E-state index contributed by atoms with van der Waals surface area (Å²) in [6, 6.07) is 9.76. The summed E-state index contributed by atoms with van der Waals surface area (Å²) in [5, 5.41) is 0. The van der Waals surface area contributed by atoms with Gasteiger partial charge in [-0.1, -0.05) is 30.3 Å². The number of carbonyl (C=O) groups excluding carboxylic acids is 1. The minimum atomic E-state index is -3.23. The molecule has 2 atom stereocenters. The molecule has 1 aliphatic rings. The molecule has 0 aromatic heterocycles. The van der Waals surface area contributed by atoms with Gasteiger partial charge in [0.05, 0.1) is 32.1 Å². The molecule has 1 aliphatic heterocycles. The maximum Gasteiger partial charge on any atom is 0.378 e. The number of hydrogen-bond donors (Lipinski definition) is 0. The summed E-state index contributed by atoms with van der Waals surface area (Å²) in [5.74, 6) is -0.477. The molecule has 1 aromatic carbocycles. The molecule has 2 rings (SSSR count). The highest BCUT2D eigenvalue weighted by Crippen LogP contribution is 2.53. The van der Waals surface area contributed by atoms with Gasteiger partial charge in [0.2, 0.25) is 0 Å². The fourth-order valence-electron chi connectivity index (χ4n) is 2.66. The Hall–Kier alpha value is -1.62. The zero-order valence-corrected chi connectivity index (χ0v) is 15.1. The fourth-order valence-corrected chi connectivity index (χ4v) is 4.15. The van der Waals surface area contributed by atoms with Crippen LogP contribution in [0.2, 0.25) is 0 Å². The lowest BCUT2D eigenvalue weighted by molar-refractivity contribution is -0.137. The monoisotopic (exact) mass is 354 g/mol. The smallest absolute Gasteiger partial charge is 0.378 e. The first-order valence-electron chi connectivity index (χ1n) is 7.74. The minimum Gasteiger partial charge on any atom is -0.466 e. The molecule has 1 heterocycles. The van der Waals surface area contributed by atoms with E-state index in [0.717, 1.165) is 5.56 Å². The van der Waals surface area contributed by atoms with Gasteiger partial charge >= 0.3 is 13.6 Å². The van der Waals surface area contributed by atoms with Crippen LogP contribution < -0.4 is 0 Å². The first-order chi connectivity index (χ1) is 11.5. The number of methoxy groups -OCH3 is 1. The van der Waals surface area contributed by atoms with Crippen molar-refractivity contribution in [3.8, 4) is 0 Å². The largest absolute Gasteiger partial charge is 0.466 e. The van der Waals surface area contributed by atoms with E-state index >= 15 is 0 Å². The second kappa shape index (κ2) is 8.47. The van der Waals surface area contributed by atoms with Gasteiger partial charge in [-0.2, -0.15) is 0 Å². The zero-order chi connectivity index (χ0) is 17.6. The first-order valence-corrected chi connectivity index (χ1v) is 9.47. The third-order valence-corrected chi connectivity index (χ3v) is 5.84. The normalized spacial score (nSPS) is 24.2. The molecular formula is C17H23O6P. The summed E-state index contributed by atoms with van der Waals surface area (Å²) in [6.07, 6.45) is 0.683. The summed E-state index contributed by atoms with van der Waals surface area (Å²) in [6.45, 7) is 2.35. The van der Waals surface area contributed by atoms with E-state index in [0.29, 0.717) is 25.2 Å². The molecule has 6 nitrogen and oxygen atoms in total. The van der Waals surface area contributed by atoms with Crippen molar-refractivity contribution >= 4 is 13.6 Å². The fraction of sp³-hybridized carbons (Fsp3) is 0.471. The van der Waals surface area contributed by atoms with Crippen molar-refractivity contribution in [1.82, 2.24) is 0 Å². The Labute approximate surface area is 142 Å². The highest BCUT2D eigenvalue weighted by atomic mass is 31.2. The average molecular weight is 354 g/mol. The van der Waals surface area contributed by atoms with Crippen molar-refractivity contribution in [2.45, 2.75) is 20.0 Å². The zero-order valence-electron chi connectivity index (χ0n) is 14.2. The summed E-state index contributed by atoms with van der Waals surface area (Å²) in [5.41, 5.74) is 1.41. The van der Waals surface area contributed by atoms with Gasteiger partial charge in [0.25, 0.3) is 0 Å². The van der Waals surface area contributed by atoms with E-state index in [1.807, 2.05) is 30.3 Å². The molecule has 0 bridgehead atoms. The Balaban J connectivity index is 2.11. The highest BCUT2D eigenvalue weighted by Gasteiger charge is 2.36. The second-order valence-corrected chi connectivity index (χ2v) is 7.77. The van der Waals surface area contributed by atoms with Crippen molar-refractivity contribution in [2.75, 3.05) is 27.0 Å². The van der Waals surface area contributed by atoms with Crippen molar-refractivity contribution in [3.63, 3.8) is 0 Å². The quantitative estimate of drug-likeness (QED) is 0.575. The third kappa shape index (κ3) is 4.69. The average Bonchev–Trinajstić information content (AvgIpc) is 2.72. The summed E-state index contributed by atoms with van der Waals surface area (Å²) >= 11 is 0. The van der Waals surface area contributed by atoms with Gasteiger partial charge in [0, 0.05) is 13.0 Å². The molecule has 0 amide bonds. The molecule has 0 N–H and O–H groups in total. The Bertz CT molecular complexity index is 640. The molecule has 0 aliphatic carbocycles. The van der Waals surface area contributed by atoms with Crippen LogP contribution in [0.4, 0.5) is 0 Å². The molecule has 0 saturated carbocycles. The van der Waals surface area contributed by atoms with E-state index in [9.17, 15) is 9.36 Å². The second-order valence-electron chi connectivity index (χ2n) is 5.56. The highest BCUT2D eigenvalue weighted by molar-refractivity contribution is 7.53. The van der Waals surface area contributed by atoms with Crippen LogP contribution in [0.15, 0.2) is 41.7 Å². The van der Waals surface area contributed by atoms with E-state index in [1.165, 1.54) is 14.2 Å². The van der Waals surface area contributed by atoms with Gasteiger partial charge in [-0.15, -0.1) is 0 Å². The summed E-state index contributed by atoms with van der Waals surface area (Å²) in [7, 11) is -0.574. The lowest BCUT2D eigenvalue weighted by Crippen LogP contribution is -2.21. The first kappa shape index (κ1) is 18.7. The van der Waals surface area contributed by atoms with Crippen LogP contribution in [0.5, 0.6) is 0 Å². The summed E-state index contributed by atoms with van der Waals surface area (Å²) < 4.78 is 33.5. The maximum atomic E-state index is 12.5. The van der Waals surface area contributed by atoms with Crippen molar-refractivity contribution in [2.24, 2.45) is 5.92 Å². The van der Waals surface area contributed by atoms with Crippen LogP contribution in [0.25, 0.3) is 0 Å². The molecule has 0 radical (unpaired) electrons. The number of allylic oxidation sites excluding steroid dienone is 1. The van der Waals surface area contributed by atoms with E-state index in [-0.39, 0.29) is 17.8 Å². The van der Waals surface area contributed by atoms with E-state index in [2.05, 4.69) is 0 Å². The Morgan fingerprint density at radius 3 is 2.62 bits per heavy atom. The number of esters is 1. The third-order valence-electron chi connectivity index (χ3n) is 3.93. The van der Waals surface area contributed by atoms with Gasteiger partial charge in [0.15, 0.2) is 0 Å². The van der Waals surface area contributed by atoms with Crippen LogP contribution in [0, 0.1) is 5.92 Å². The van der Waals surface area contributed by atoms with Gasteiger partial charge in [0.1, 0.15) is 5.76 Å². The van der Waals surface area contributed by atoms with Crippen LogP contribution >= 0.6 is 7.60 Å². The van der Waals surface area contributed by atoms with Gasteiger partial charge in [-0.25, -0.2) is 9.36 Å². The predicted molar refractivity (Wildman–Crippen MR) is 89.5 cm³/mol. The Morgan fingerprint density at radius 2 is 2.00 bits per heavy atom. The topological polar surface area (TPSA) is 71.1 Å². The SMILES string of the molecule is COC(=O)C1=C(C)O[P@](=O)(OC)CC[C@H]1COCc1ccccc1. The molecule has 24 heavy (non-hydrogen) atoms. The number of hydrogen-bond acceptors (Lipinski definition) is 6. The van der Waals surface area contributed by atoms with Crippen LogP contribution in [0.3, 0.4) is 0 Å². The molecule has 0 spiro atoms. The Kier molecular flexibility index (Phi) is 6.60. The van der Waals surface area contributed by atoms with Crippen LogP contribution in [-0.2, 0) is 34.5 Å². The van der Waals surface area contributed by atoms with Crippen molar-refractivity contribution in [1.29, 1.82) is 0 Å². The van der Waals surface area contributed by atoms with Gasteiger partial charge < -0.3 is 18.5 Å². The number of rotatable bonds is 6. The number of benzene rings is 1. The van der Waals surface area contributed by atoms with Crippen LogP contribution in [-0.4, -0.2) is 33.0 Å². The van der Waals surface area contributed by atoms with Crippen molar-refractivity contribution < 1.29 is 27.9 Å². The lowest BCUT2D eigenvalue weighted by Gasteiger charge is -2.17. The van der Waals surface area contributed by atoms with Gasteiger partial charge in [-0.3, -0.25) is 0 Å². The summed E-state index contributed by atoms with van der Waals surface area (Å²) in [4.78, 5) is 12.1. The van der Waals surface area contributed by atoms with Gasteiger partial charge in [-0.05, 0) is 18.9 Å². The molecule has 0 saturated heterocycles. The number of carbonyl (C=O) groups is 1.